The summed E-state index contributed by atoms with van der Waals surface area (Å²) in [5, 5.41) is 9.45. The van der Waals surface area contributed by atoms with Crippen LogP contribution >= 0.6 is 0 Å². The number of rotatable bonds is 6. The van der Waals surface area contributed by atoms with Gasteiger partial charge in [0, 0.05) is 16.7 Å². The number of hydrogen-bond acceptors (Lipinski definition) is 4. The number of fused-ring (bicyclic) bond motifs is 4. The zero-order valence-electron chi connectivity index (χ0n) is 32.6. The molecule has 54 heavy (non-hydrogen) atoms. The van der Waals surface area contributed by atoms with E-state index in [-0.39, 0.29) is 10.8 Å². The van der Waals surface area contributed by atoms with Crippen LogP contribution in [0.2, 0.25) is 0 Å². The molecule has 0 spiro atoms. The summed E-state index contributed by atoms with van der Waals surface area (Å²) in [4.78, 5) is 15.5. The van der Waals surface area contributed by atoms with Gasteiger partial charge in [-0.05, 0) is 145 Å². The van der Waals surface area contributed by atoms with Gasteiger partial charge in [-0.15, -0.1) is 0 Å². The molecule has 1 heterocycles. The highest BCUT2D eigenvalue weighted by Gasteiger charge is 2.46. The van der Waals surface area contributed by atoms with Crippen molar-refractivity contribution in [1.82, 2.24) is 15.0 Å². The van der Waals surface area contributed by atoms with Gasteiger partial charge in [0.1, 0.15) is 0 Å². The summed E-state index contributed by atoms with van der Waals surface area (Å²) in [7, 11) is 0. The molecular formula is C50H54N4. The maximum absolute atomic E-state index is 9.45. The van der Waals surface area contributed by atoms with Crippen LogP contribution < -0.4 is 0 Å². The lowest BCUT2D eigenvalue weighted by atomic mass is 9.54. The molecule has 0 N–H and O–H groups in total. The molecule has 9 rings (SSSR count). The Morgan fingerprint density at radius 2 is 0.833 bits per heavy atom. The van der Waals surface area contributed by atoms with Crippen LogP contribution in [0.1, 0.15) is 109 Å². The first-order valence-electron chi connectivity index (χ1n) is 20.7. The second kappa shape index (κ2) is 13.9. The molecule has 5 aromatic rings. The summed E-state index contributed by atoms with van der Waals surface area (Å²) in [6.07, 6.45) is 13.4. The topological polar surface area (TPSA) is 62.5 Å². The second-order valence-electron chi connectivity index (χ2n) is 18.6. The fraction of sp³-hybridized carbons (Fsp3) is 0.440. The van der Waals surface area contributed by atoms with Crippen molar-refractivity contribution >= 4 is 0 Å². The van der Waals surface area contributed by atoms with Gasteiger partial charge in [-0.2, -0.15) is 5.26 Å². The molecular weight excluding hydrogens is 657 g/mol. The Morgan fingerprint density at radius 1 is 0.463 bits per heavy atom. The maximum Gasteiger partial charge on any atom is 0.164 e. The third-order valence-electron chi connectivity index (χ3n) is 13.9. The van der Waals surface area contributed by atoms with Crippen molar-refractivity contribution in [1.29, 1.82) is 5.26 Å². The molecule has 0 saturated heterocycles. The van der Waals surface area contributed by atoms with E-state index in [2.05, 4.69) is 107 Å². The minimum Gasteiger partial charge on any atom is -0.208 e. The first kappa shape index (κ1) is 35.1. The van der Waals surface area contributed by atoms with E-state index in [0.717, 1.165) is 63.3 Å². The standard InChI is InChI=1S/C50H54N4/c1-32-20-37-21-33(2)26-49(25-32,29-37)44-16-12-41(13-17-44)47-52-46(40-10-8-39(9-11-40)43-7-5-6-36(24-43)31-51)53-48(54-47)42-14-18-45(19-15-42)50-27-34(3)22-38(30-50)23-35(4)28-50/h5-19,24,32-35,37-38H,20-23,25-30H2,1-4H3/t32-,33+,34-,35+,37?,38?,49?,50?. The van der Waals surface area contributed by atoms with Gasteiger partial charge in [0.25, 0.3) is 0 Å². The summed E-state index contributed by atoms with van der Waals surface area (Å²) in [5.41, 5.74) is 9.31. The number of hydrogen-bond donors (Lipinski definition) is 0. The van der Waals surface area contributed by atoms with Crippen LogP contribution in [-0.2, 0) is 10.8 Å². The minimum absolute atomic E-state index is 0.288. The highest BCUT2D eigenvalue weighted by atomic mass is 15.0. The fourth-order valence-electron chi connectivity index (χ4n) is 12.4. The predicted octanol–water partition coefficient (Wildman–Crippen LogP) is 12.6. The van der Waals surface area contributed by atoms with Crippen LogP contribution in [0.5, 0.6) is 0 Å². The summed E-state index contributed by atoms with van der Waals surface area (Å²) < 4.78 is 0. The van der Waals surface area contributed by atoms with Crippen molar-refractivity contribution in [2.45, 2.75) is 103 Å². The van der Waals surface area contributed by atoms with Crippen LogP contribution in [0.25, 0.3) is 45.3 Å². The van der Waals surface area contributed by atoms with Crippen LogP contribution in [0.4, 0.5) is 0 Å². The summed E-state index contributed by atoms with van der Waals surface area (Å²) in [5.74, 6) is 6.92. The van der Waals surface area contributed by atoms with E-state index in [4.69, 9.17) is 15.0 Å². The van der Waals surface area contributed by atoms with Crippen molar-refractivity contribution in [3.8, 4) is 51.4 Å². The number of nitrogens with zero attached hydrogens (tertiary/aromatic N) is 4. The molecule has 4 bridgehead atoms. The predicted molar refractivity (Wildman–Crippen MR) is 219 cm³/mol. The summed E-state index contributed by atoms with van der Waals surface area (Å²) in [6.45, 7) is 9.85. The fourth-order valence-corrected chi connectivity index (χ4v) is 12.4. The van der Waals surface area contributed by atoms with Crippen molar-refractivity contribution in [2.24, 2.45) is 35.5 Å². The molecule has 4 aliphatic rings. The molecule has 4 aromatic carbocycles. The molecule has 274 valence electrons. The SMILES string of the molecule is C[C@@H]1CC2C[C@H](C)CC(c3ccc(-c4nc(-c5ccc(-c6cccc(C#N)c6)cc5)nc(-c5ccc(C67CC(C[C@@H](C)C6)C[C@H](C)C7)cc5)n4)cc3)(C2)C1. The average molecular weight is 711 g/mol. The normalized spacial score (nSPS) is 30.4. The van der Waals surface area contributed by atoms with E-state index >= 15 is 0 Å². The molecule has 8 atom stereocenters. The monoisotopic (exact) mass is 710 g/mol. The van der Waals surface area contributed by atoms with Crippen molar-refractivity contribution in [3.63, 3.8) is 0 Å². The van der Waals surface area contributed by atoms with E-state index < -0.39 is 0 Å². The van der Waals surface area contributed by atoms with Gasteiger partial charge in [0.2, 0.25) is 0 Å². The van der Waals surface area contributed by atoms with Gasteiger partial charge >= 0.3 is 0 Å². The van der Waals surface area contributed by atoms with Gasteiger partial charge < -0.3 is 0 Å². The van der Waals surface area contributed by atoms with Gasteiger partial charge in [-0.1, -0.05) is 113 Å². The first-order valence-corrected chi connectivity index (χ1v) is 20.7. The second-order valence-corrected chi connectivity index (χ2v) is 18.6. The van der Waals surface area contributed by atoms with Crippen molar-refractivity contribution in [2.75, 3.05) is 0 Å². The van der Waals surface area contributed by atoms with Crippen LogP contribution in [0, 0.1) is 46.8 Å². The third kappa shape index (κ3) is 6.70. The third-order valence-corrected chi connectivity index (χ3v) is 13.9. The Bertz CT molecular complexity index is 2030. The molecule has 4 aliphatic carbocycles. The highest BCUT2D eigenvalue weighted by Crippen LogP contribution is 2.55. The maximum atomic E-state index is 9.45. The van der Waals surface area contributed by atoms with Crippen LogP contribution in [0.3, 0.4) is 0 Å². The van der Waals surface area contributed by atoms with E-state index in [0.29, 0.717) is 23.0 Å². The zero-order chi connectivity index (χ0) is 37.0. The minimum atomic E-state index is 0.288. The van der Waals surface area contributed by atoms with E-state index in [1.807, 2.05) is 24.3 Å². The average Bonchev–Trinajstić information content (AvgIpc) is 3.17. The van der Waals surface area contributed by atoms with Gasteiger partial charge in [0.15, 0.2) is 17.5 Å². The van der Waals surface area contributed by atoms with Gasteiger partial charge in [-0.25, -0.2) is 15.0 Å². The number of benzene rings is 4. The summed E-state index contributed by atoms with van der Waals surface area (Å²) >= 11 is 0. The molecule has 1 aromatic heterocycles. The van der Waals surface area contributed by atoms with Crippen LogP contribution in [-0.4, -0.2) is 15.0 Å². The Kier molecular flexibility index (Phi) is 9.04. The Balaban J connectivity index is 1.08. The van der Waals surface area contributed by atoms with Crippen molar-refractivity contribution in [3.05, 3.63) is 114 Å². The summed E-state index contributed by atoms with van der Waals surface area (Å²) in [6, 6.07) is 37.0. The Labute approximate surface area is 322 Å². The Morgan fingerprint density at radius 3 is 1.22 bits per heavy atom. The van der Waals surface area contributed by atoms with E-state index in [1.54, 1.807) is 0 Å². The largest absolute Gasteiger partial charge is 0.208 e. The van der Waals surface area contributed by atoms with Crippen LogP contribution in [0.15, 0.2) is 97.1 Å². The smallest absolute Gasteiger partial charge is 0.164 e. The molecule has 0 aliphatic heterocycles. The molecule has 4 heteroatoms. The lowest BCUT2D eigenvalue weighted by Gasteiger charge is -2.50. The number of aromatic nitrogens is 3. The Hall–Kier alpha value is -4.62. The van der Waals surface area contributed by atoms with Gasteiger partial charge in [0.05, 0.1) is 11.6 Å². The molecule has 0 radical (unpaired) electrons. The first-order chi connectivity index (χ1) is 26.2. The van der Waals surface area contributed by atoms with Crippen molar-refractivity contribution < 1.29 is 0 Å². The molecule has 4 fully saturated rings. The van der Waals surface area contributed by atoms with Gasteiger partial charge in [-0.3, -0.25) is 0 Å². The molecule has 4 saturated carbocycles. The highest BCUT2D eigenvalue weighted by molar-refractivity contribution is 5.71. The van der Waals surface area contributed by atoms with E-state index in [9.17, 15) is 5.26 Å². The quantitative estimate of drug-likeness (QED) is 0.176. The molecule has 4 unspecified atom stereocenters. The zero-order valence-corrected chi connectivity index (χ0v) is 32.6. The number of nitriles is 1. The van der Waals surface area contributed by atoms with E-state index in [1.165, 1.54) is 75.3 Å². The lowest BCUT2D eigenvalue weighted by molar-refractivity contribution is 0.0779. The molecule has 0 amide bonds. The lowest BCUT2D eigenvalue weighted by Crippen LogP contribution is -2.42. The molecule has 4 nitrogen and oxygen atoms in total.